The molecule has 2 rings (SSSR count). The second-order valence-electron chi connectivity index (χ2n) is 5.39. The number of hydrogen-bond donors (Lipinski definition) is 2. The van der Waals surface area contributed by atoms with Crippen LogP contribution in [0.5, 0.6) is 11.5 Å². The Bertz CT molecular complexity index is 763. The summed E-state index contributed by atoms with van der Waals surface area (Å²) in [5, 5.41) is 11.7. The third-order valence-corrected chi connectivity index (χ3v) is 5.61. The number of carbonyl (C=O) groups excluding carboxylic acids is 1. The summed E-state index contributed by atoms with van der Waals surface area (Å²) in [7, 11) is -4.19. The molecular formula is C15H20N2O7S. The summed E-state index contributed by atoms with van der Waals surface area (Å²) in [5.74, 6) is -1.28. The van der Waals surface area contributed by atoms with Crippen LogP contribution >= 0.6 is 0 Å². The molecular weight excluding hydrogens is 352 g/mol. The number of benzene rings is 1. The van der Waals surface area contributed by atoms with Gasteiger partial charge >= 0.3 is 5.97 Å². The van der Waals surface area contributed by atoms with Crippen LogP contribution in [0.2, 0.25) is 0 Å². The largest absolute Gasteiger partial charge is 0.486 e. The van der Waals surface area contributed by atoms with Crippen molar-refractivity contribution in [2.75, 3.05) is 26.3 Å². The van der Waals surface area contributed by atoms with Crippen molar-refractivity contribution in [3.63, 3.8) is 0 Å². The van der Waals surface area contributed by atoms with E-state index in [2.05, 4.69) is 5.32 Å². The monoisotopic (exact) mass is 372 g/mol. The number of fused-ring (bicyclic) bond motifs is 1. The number of sulfonamides is 1. The maximum atomic E-state index is 13.0. The van der Waals surface area contributed by atoms with Crippen LogP contribution in [0.15, 0.2) is 23.1 Å². The Morgan fingerprint density at radius 3 is 2.64 bits per heavy atom. The van der Waals surface area contributed by atoms with E-state index in [1.807, 2.05) is 0 Å². The quantitative estimate of drug-likeness (QED) is 0.694. The lowest BCUT2D eigenvalue weighted by molar-refractivity contribution is -0.140. The van der Waals surface area contributed by atoms with Crippen LogP contribution in [0, 0.1) is 0 Å². The molecule has 1 unspecified atom stereocenters. The number of nitrogens with zero attached hydrogens (tertiary/aromatic N) is 1. The van der Waals surface area contributed by atoms with Crippen molar-refractivity contribution >= 4 is 21.9 Å². The summed E-state index contributed by atoms with van der Waals surface area (Å²) in [6.45, 7) is 2.84. The molecule has 0 aliphatic carbocycles. The standard InChI is InChI=1S/C15H20N2O7S/c1-10(15(19)20)17(7-6-16-11(2)18)25(21,22)13-5-3-4-12-14(13)24-9-8-23-12/h3-5,10H,6-9H2,1-2H3,(H,16,18)(H,19,20). The predicted octanol–water partition coefficient (Wildman–Crippen LogP) is 0.0577. The fourth-order valence-corrected chi connectivity index (χ4v) is 4.10. The molecule has 1 aliphatic rings. The third kappa shape index (κ3) is 4.20. The van der Waals surface area contributed by atoms with E-state index in [0.717, 1.165) is 4.31 Å². The first kappa shape index (κ1) is 19.0. The second-order valence-corrected chi connectivity index (χ2v) is 7.25. The van der Waals surface area contributed by atoms with Gasteiger partial charge < -0.3 is 19.9 Å². The number of amides is 1. The zero-order valence-electron chi connectivity index (χ0n) is 13.9. The van der Waals surface area contributed by atoms with Crippen molar-refractivity contribution in [3.05, 3.63) is 18.2 Å². The average Bonchev–Trinajstić information content (AvgIpc) is 2.57. The smallest absolute Gasteiger partial charge is 0.321 e. The number of para-hydroxylation sites is 1. The van der Waals surface area contributed by atoms with Gasteiger partial charge in [0.25, 0.3) is 0 Å². The van der Waals surface area contributed by atoms with Gasteiger partial charge in [0.05, 0.1) is 0 Å². The molecule has 25 heavy (non-hydrogen) atoms. The maximum absolute atomic E-state index is 13.0. The molecule has 1 amide bonds. The van der Waals surface area contributed by atoms with E-state index in [-0.39, 0.29) is 42.0 Å². The van der Waals surface area contributed by atoms with E-state index in [1.54, 1.807) is 6.07 Å². The lowest BCUT2D eigenvalue weighted by atomic mass is 10.3. The molecule has 1 aromatic rings. The minimum Gasteiger partial charge on any atom is -0.486 e. The van der Waals surface area contributed by atoms with Gasteiger partial charge in [0, 0.05) is 20.0 Å². The van der Waals surface area contributed by atoms with E-state index >= 15 is 0 Å². The lowest BCUT2D eigenvalue weighted by Gasteiger charge is -2.28. The van der Waals surface area contributed by atoms with Gasteiger partial charge in [-0.1, -0.05) is 6.07 Å². The predicted molar refractivity (Wildman–Crippen MR) is 87.1 cm³/mol. The fraction of sp³-hybridized carbons (Fsp3) is 0.467. The molecule has 0 radical (unpaired) electrons. The number of carboxylic acids is 1. The topological polar surface area (TPSA) is 122 Å². The average molecular weight is 372 g/mol. The number of aliphatic carboxylic acids is 1. The number of ether oxygens (including phenoxy) is 2. The Labute approximate surface area is 145 Å². The molecule has 0 fully saturated rings. The first-order valence-corrected chi connectivity index (χ1v) is 9.07. The highest BCUT2D eigenvalue weighted by Gasteiger charge is 2.36. The minimum absolute atomic E-state index is 0.0153. The Balaban J connectivity index is 2.40. The molecule has 1 aliphatic heterocycles. The Morgan fingerprint density at radius 1 is 1.32 bits per heavy atom. The normalized spacial score (nSPS) is 14.8. The lowest BCUT2D eigenvalue weighted by Crippen LogP contribution is -2.46. The molecule has 0 bridgehead atoms. The number of nitrogens with one attached hydrogen (secondary N) is 1. The summed E-state index contributed by atoms with van der Waals surface area (Å²) in [6, 6.07) is 3.09. The fourth-order valence-electron chi connectivity index (χ4n) is 2.36. The van der Waals surface area contributed by atoms with E-state index in [1.165, 1.54) is 26.0 Å². The van der Waals surface area contributed by atoms with Gasteiger partial charge in [-0.05, 0) is 19.1 Å². The van der Waals surface area contributed by atoms with Gasteiger partial charge in [-0.2, -0.15) is 4.31 Å². The molecule has 0 spiro atoms. The zero-order valence-corrected chi connectivity index (χ0v) is 14.7. The van der Waals surface area contributed by atoms with E-state index in [9.17, 15) is 23.1 Å². The molecule has 0 aromatic heterocycles. The molecule has 1 atom stereocenters. The highest BCUT2D eigenvalue weighted by Crippen LogP contribution is 2.38. The molecule has 138 valence electrons. The highest BCUT2D eigenvalue weighted by atomic mass is 32.2. The van der Waals surface area contributed by atoms with Crippen LogP contribution in [0.1, 0.15) is 13.8 Å². The Morgan fingerprint density at radius 2 is 2.00 bits per heavy atom. The molecule has 2 N–H and O–H groups in total. The summed E-state index contributed by atoms with van der Waals surface area (Å²) in [5.41, 5.74) is 0. The third-order valence-electron chi connectivity index (χ3n) is 3.61. The van der Waals surface area contributed by atoms with Crippen molar-refractivity contribution in [1.82, 2.24) is 9.62 Å². The van der Waals surface area contributed by atoms with Crippen LogP contribution in [0.25, 0.3) is 0 Å². The van der Waals surface area contributed by atoms with E-state index in [4.69, 9.17) is 9.47 Å². The molecule has 0 saturated carbocycles. The van der Waals surface area contributed by atoms with Gasteiger partial charge in [0.1, 0.15) is 24.2 Å². The van der Waals surface area contributed by atoms with Crippen molar-refractivity contribution in [2.24, 2.45) is 0 Å². The second kappa shape index (κ2) is 7.70. The van der Waals surface area contributed by atoms with Gasteiger partial charge in [-0.25, -0.2) is 8.42 Å². The van der Waals surface area contributed by atoms with Crippen molar-refractivity contribution < 1.29 is 32.6 Å². The van der Waals surface area contributed by atoms with E-state index in [0.29, 0.717) is 6.61 Å². The zero-order chi connectivity index (χ0) is 18.6. The summed E-state index contributed by atoms with van der Waals surface area (Å²) < 4.78 is 37.7. The van der Waals surface area contributed by atoms with Crippen LogP contribution in [0.4, 0.5) is 0 Å². The Kier molecular flexibility index (Phi) is 5.85. The molecule has 1 aromatic carbocycles. The van der Waals surface area contributed by atoms with Crippen molar-refractivity contribution in [3.8, 4) is 11.5 Å². The summed E-state index contributed by atoms with van der Waals surface area (Å²) in [4.78, 5) is 22.2. The maximum Gasteiger partial charge on any atom is 0.321 e. The molecule has 0 saturated heterocycles. The Hall–Kier alpha value is -2.33. The first-order chi connectivity index (χ1) is 11.7. The summed E-state index contributed by atoms with van der Waals surface area (Å²) in [6.07, 6.45) is 0. The van der Waals surface area contributed by atoms with Crippen LogP contribution in [0.3, 0.4) is 0 Å². The van der Waals surface area contributed by atoms with Gasteiger partial charge in [0.2, 0.25) is 15.9 Å². The van der Waals surface area contributed by atoms with Crippen molar-refractivity contribution in [2.45, 2.75) is 24.8 Å². The number of hydrogen-bond acceptors (Lipinski definition) is 6. The van der Waals surface area contributed by atoms with Gasteiger partial charge in [0.15, 0.2) is 11.5 Å². The minimum atomic E-state index is -4.19. The van der Waals surface area contributed by atoms with Gasteiger partial charge in [-0.15, -0.1) is 0 Å². The highest BCUT2D eigenvalue weighted by molar-refractivity contribution is 7.89. The van der Waals surface area contributed by atoms with Crippen LogP contribution < -0.4 is 14.8 Å². The summed E-state index contributed by atoms with van der Waals surface area (Å²) >= 11 is 0. The van der Waals surface area contributed by atoms with Gasteiger partial charge in [-0.3, -0.25) is 9.59 Å². The number of carboxylic acid groups (broad SMARTS) is 1. The first-order valence-electron chi connectivity index (χ1n) is 7.63. The molecule has 1 heterocycles. The van der Waals surface area contributed by atoms with Crippen molar-refractivity contribution in [1.29, 1.82) is 0 Å². The number of rotatable bonds is 7. The number of carbonyl (C=O) groups is 2. The molecule has 9 nitrogen and oxygen atoms in total. The SMILES string of the molecule is CC(=O)NCCN(C(C)C(=O)O)S(=O)(=O)c1cccc2c1OCCO2. The molecule has 10 heteroatoms. The van der Waals surface area contributed by atoms with E-state index < -0.39 is 22.0 Å². The van der Waals surface area contributed by atoms with Crippen LogP contribution in [-0.4, -0.2) is 62.1 Å². The van der Waals surface area contributed by atoms with Crippen LogP contribution in [-0.2, 0) is 19.6 Å².